The van der Waals surface area contributed by atoms with Crippen LogP contribution in [0.2, 0.25) is 0 Å². The Balaban J connectivity index is 1.77. The van der Waals surface area contributed by atoms with Crippen molar-refractivity contribution in [3.8, 4) is 0 Å². The van der Waals surface area contributed by atoms with Crippen molar-refractivity contribution in [1.29, 1.82) is 0 Å². The third kappa shape index (κ3) is 4.69. The quantitative estimate of drug-likeness (QED) is 0.617. The van der Waals surface area contributed by atoms with Crippen molar-refractivity contribution in [3.05, 3.63) is 33.5 Å². The number of thiophene rings is 1. The number of ether oxygens (including phenoxy) is 1. The lowest BCUT2D eigenvalue weighted by Gasteiger charge is -2.14. The minimum Gasteiger partial charge on any atom is -0.462 e. The highest BCUT2D eigenvalue weighted by molar-refractivity contribution is 7.16. The van der Waals surface area contributed by atoms with Crippen LogP contribution >= 0.6 is 11.3 Å². The fraction of sp³-hybridized carbons (Fsp3) is 0.550. The molecule has 1 saturated carbocycles. The van der Waals surface area contributed by atoms with E-state index in [2.05, 4.69) is 10.4 Å². The highest BCUT2D eigenvalue weighted by Crippen LogP contribution is 2.42. The number of rotatable bonds is 7. The van der Waals surface area contributed by atoms with Crippen LogP contribution in [0.5, 0.6) is 0 Å². The maximum Gasteiger partial charge on any atom is 0.435 e. The first-order chi connectivity index (χ1) is 14.0. The van der Waals surface area contributed by atoms with E-state index < -0.39 is 29.7 Å². The van der Waals surface area contributed by atoms with E-state index in [0.717, 1.165) is 29.3 Å². The molecule has 0 radical (unpaired) electrons. The molecule has 6 nitrogen and oxygen atoms in total. The number of nitrogens with zero attached hydrogens (tertiary/aromatic N) is 2. The second kappa shape index (κ2) is 8.41. The Kier molecular flexibility index (Phi) is 6.26. The molecule has 0 spiro atoms. The van der Waals surface area contributed by atoms with Crippen LogP contribution in [-0.4, -0.2) is 28.3 Å². The van der Waals surface area contributed by atoms with Crippen molar-refractivity contribution in [2.24, 2.45) is 5.92 Å². The van der Waals surface area contributed by atoms with Gasteiger partial charge in [0.2, 0.25) is 5.91 Å². The molecule has 1 aliphatic rings. The lowest BCUT2D eigenvalue weighted by molar-refractivity contribution is -0.141. The van der Waals surface area contributed by atoms with Gasteiger partial charge in [0.15, 0.2) is 5.69 Å². The average molecular weight is 443 g/mol. The zero-order valence-electron chi connectivity index (χ0n) is 17.2. The molecule has 1 unspecified atom stereocenters. The molecule has 0 aromatic carbocycles. The first-order valence-corrected chi connectivity index (χ1v) is 10.6. The van der Waals surface area contributed by atoms with Gasteiger partial charge < -0.3 is 10.1 Å². The van der Waals surface area contributed by atoms with Crippen LogP contribution in [0.1, 0.15) is 64.8 Å². The van der Waals surface area contributed by atoms with E-state index in [0.29, 0.717) is 16.3 Å². The van der Waals surface area contributed by atoms with E-state index >= 15 is 0 Å². The van der Waals surface area contributed by atoms with Crippen LogP contribution in [0.25, 0.3) is 0 Å². The first-order valence-electron chi connectivity index (χ1n) is 9.75. The van der Waals surface area contributed by atoms with Gasteiger partial charge in [-0.3, -0.25) is 9.48 Å². The molecule has 3 rings (SSSR count). The minimum atomic E-state index is -4.53. The van der Waals surface area contributed by atoms with Gasteiger partial charge in [-0.15, -0.1) is 11.3 Å². The van der Waals surface area contributed by atoms with Gasteiger partial charge in [-0.05, 0) is 45.2 Å². The van der Waals surface area contributed by atoms with Crippen molar-refractivity contribution in [3.63, 3.8) is 0 Å². The summed E-state index contributed by atoms with van der Waals surface area (Å²) in [5.41, 5.74) is 0.624. The number of aromatic nitrogens is 2. The molecule has 2 aromatic heterocycles. The van der Waals surface area contributed by atoms with Crippen LogP contribution in [0, 0.1) is 19.8 Å². The van der Waals surface area contributed by atoms with Crippen molar-refractivity contribution in [2.45, 2.75) is 59.2 Å². The number of halogens is 3. The predicted octanol–water partition coefficient (Wildman–Crippen LogP) is 4.91. The summed E-state index contributed by atoms with van der Waals surface area (Å²) in [6.07, 6.45) is -2.89. The van der Waals surface area contributed by atoms with Crippen LogP contribution in [0.15, 0.2) is 6.07 Å². The SMILES string of the molecule is CCOC(=O)c1c(NC(=O)C(C)Cn2nc(C(F)(F)F)cc2C2CC2)sc(C)c1C. The second-order valence-corrected chi connectivity index (χ2v) is 8.73. The monoisotopic (exact) mass is 443 g/mol. The van der Waals surface area contributed by atoms with Gasteiger partial charge in [-0.25, -0.2) is 4.79 Å². The van der Waals surface area contributed by atoms with E-state index in [4.69, 9.17) is 4.74 Å². The minimum absolute atomic E-state index is 0.0197. The first kappa shape index (κ1) is 22.3. The normalized spacial score (nSPS) is 15.2. The third-order valence-electron chi connectivity index (χ3n) is 5.09. The fourth-order valence-electron chi connectivity index (χ4n) is 3.17. The Labute approximate surface area is 176 Å². The number of anilines is 1. The van der Waals surface area contributed by atoms with Gasteiger partial charge in [0.05, 0.1) is 24.6 Å². The Hall–Kier alpha value is -2.36. The Morgan fingerprint density at radius 3 is 2.60 bits per heavy atom. The molecule has 2 aromatic rings. The summed E-state index contributed by atoms with van der Waals surface area (Å²) in [6, 6.07) is 1.08. The molecular weight excluding hydrogens is 419 g/mol. The van der Waals surface area contributed by atoms with Crippen LogP contribution in [0.4, 0.5) is 18.2 Å². The standard InChI is InChI=1S/C20H24F3N3O3S/c1-5-29-19(28)16-11(3)12(4)30-18(16)24-17(27)10(2)9-26-14(13-6-7-13)8-15(25-26)20(21,22)23/h8,10,13H,5-7,9H2,1-4H3,(H,24,27). The maximum atomic E-state index is 13.1. The topological polar surface area (TPSA) is 73.2 Å². The lowest BCUT2D eigenvalue weighted by atomic mass is 10.1. The molecule has 30 heavy (non-hydrogen) atoms. The summed E-state index contributed by atoms with van der Waals surface area (Å²) < 4.78 is 45.6. The van der Waals surface area contributed by atoms with Crippen LogP contribution in [-0.2, 0) is 22.3 Å². The number of hydrogen-bond donors (Lipinski definition) is 1. The average Bonchev–Trinajstić information content (AvgIpc) is 3.34. The molecule has 164 valence electrons. The summed E-state index contributed by atoms with van der Waals surface area (Å²) in [4.78, 5) is 25.9. The number of carbonyl (C=O) groups is 2. The zero-order chi connectivity index (χ0) is 22.2. The van der Waals surface area contributed by atoms with Crippen molar-refractivity contribution in [2.75, 3.05) is 11.9 Å². The van der Waals surface area contributed by atoms with Crippen molar-refractivity contribution in [1.82, 2.24) is 9.78 Å². The lowest BCUT2D eigenvalue weighted by Crippen LogP contribution is -2.26. The molecule has 0 saturated heterocycles. The van der Waals surface area contributed by atoms with E-state index in [1.54, 1.807) is 20.8 Å². The van der Waals surface area contributed by atoms with Crippen LogP contribution in [0.3, 0.4) is 0 Å². The van der Waals surface area contributed by atoms with Gasteiger partial charge in [0.25, 0.3) is 0 Å². The maximum absolute atomic E-state index is 13.1. The number of nitrogens with one attached hydrogen (secondary N) is 1. The molecular formula is C20H24F3N3O3S. The number of hydrogen-bond acceptors (Lipinski definition) is 5. The van der Waals surface area contributed by atoms with E-state index in [-0.39, 0.29) is 19.1 Å². The molecule has 0 aliphatic heterocycles. The number of aryl methyl sites for hydroxylation is 1. The van der Waals surface area contributed by atoms with Crippen molar-refractivity contribution >= 4 is 28.2 Å². The molecule has 2 heterocycles. The van der Waals surface area contributed by atoms with Gasteiger partial charge >= 0.3 is 12.1 Å². The van der Waals surface area contributed by atoms with E-state index in [9.17, 15) is 22.8 Å². The molecule has 0 bridgehead atoms. The second-order valence-electron chi connectivity index (χ2n) is 7.51. The summed E-state index contributed by atoms with van der Waals surface area (Å²) in [7, 11) is 0. The summed E-state index contributed by atoms with van der Waals surface area (Å²) in [6.45, 7) is 7.17. The van der Waals surface area contributed by atoms with Crippen molar-refractivity contribution < 1.29 is 27.5 Å². The van der Waals surface area contributed by atoms with E-state index in [1.165, 1.54) is 16.0 Å². The molecule has 1 fully saturated rings. The Morgan fingerprint density at radius 1 is 1.37 bits per heavy atom. The van der Waals surface area contributed by atoms with Gasteiger partial charge in [0, 0.05) is 16.5 Å². The summed E-state index contributed by atoms with van der Waals surface area (Å²) in [5, 5.41) is 6.84. The molecule has 1 aliphatic carbocycles. The highest BCUT2D eigenvalue weighted by Gasteiger charge is 2.38. The smallest absolute Gasteiger partial charge is 0.435 e. The number of amides is 1. The Morgan fingerprint density at radius 2 is 2.03 bits per heavy atom. The highest BCUT2D eigenvalue weighted by atomic mass is 32.1. The van der Waals surface area contributed by atoms with Crippen LogP contribution < -0.4 is 5.32 Å². The number of esters is 1. The van der Waals surface area contributed by atoms with Gasteiger partial charge in [-0.1, -0.05) is 6.92 Å². The Bertz CT molecular complexity index is 961. The largest absolute Gasteiger partial charge is 0.462 e. The third-order valence-corrected chi connectivity index (χ3v) is 6.22. The molecule has 1 N–H and O–H groups in total. The summed E-state index contributed by atoms with van der Waals surface area (Å²) >= 11 is 1.27. The summed E-state index contributed by atoms with van der Waals surface area (Å²) in [5.74, 6) is -1.50. The van der Waals surface area contributed by atoms with E-state index in [1.807, 2.05) is 6.92 Å². The number of alkyl halides is 3. The molecule has 1 atom stereocenters. The predicted molar refractivity (Wildman–Crippen MR) is 107 cm³/mol. The van der Waals surface area contributed by atoms with Gasteiger partial charge in [-0.2, -0.15) is 18.3 Å². The molecule has 1 amide bonds. The molecule has 10 heteroatoms. The number of carbonyl (C=O) groups excluding carboxylic acids is 2. The van der Waals surface area contributed by atoms with Gasteiger partial charge in [0.1, 0.15) is 5.00 Å². The zero-order valence-corrected chi connectivity index (χ0v) is 18.0. The fourth-order valence-corrected chi connectivity index (χ4v) is 4.22.